The third kappa shape index (κ3) is 2.63. The van der Waals surface area contributed by atoms with Crippen LogP contribution in [0.2, 0.25) is 0 Å². The van der Waals surface area contributed by atoms with Crippen LogP contribution in [0.3, 0.4) is 0 Å². The van der Waals surface area contributed by atoms with Crippen LogP contribution in [-0.4, -0.2) is 23.5 Å². The number of ether oxygens (including phenoxy) is 1. The summed E-state index contributed by atoms with van der Waals surface area (Å²) in [6, 6.07) is 11.1. The van der Waals surface area contributed by atoms with Gasteiger partial charge in [0.1, 0.15) is 5.75 Å². The number of hydrogen-bond acceptors (Lipinski definition) is 3. The Kier molecular flexibility index (Phi) is 3.62. The standard InChI is InChI=1S/C18H19NO2S/c20-18(11-21-15-9-10-22-12-15)19(14-6-7-14)17-8-5-13-3-1-2-4-16(13)17/h1-4,9-10,12,14,17H,5-8,11H2. The van der Waals surface area contributed by atoms with E-state index in [4.69, 9.17) is 4.74 Å². The van der Waals surface area contributed by atoms with Crippen molar-refractivity contribution < 1.29 is 9.53 Å². The van der Waals surface area contributed by atoms with Gasteiger partial charge >= 0.3 is 0 Å². The number of fused-ring (bicyclic) bond motifs is 1. The highest BCUT2D eigenvalue weighted by Gasteiger charge is 2.40. The van der Waals surface area contributed by atoms with Gasteiger partial charge in [0, 0.05) is 11.4 Å². The molecule has 0 aliphatic heterocycles. The predicted octanol–water partition coefficient (Wildman–Crippen LogP) is 3.81. The van der Waals surface area contributed by atoms with Gasteiger partial charge in [0.25, 0.3) is 5.91 Å². The summed E-state index contributed by atoms with van der Waals surface area (Å²) in [6.45, 7) is 0.145. The van der Waals surface area contributed by atoms with Crippen molar-refractivity contribution in [1.29, 1.82) is 0 Å². The molecule has 3 nitrogen and oxygen atoms in total. The minimum Gasteiger partial charge on any atom is -0.483 e. The van der Waals surface area contributed by atoms with Crippen molar-refractivity contribution in [2.45, 2.75) is 37.8 Å². The van der Waals surface area contributed by atoms with E-state index in [1.165, 1.54) is 11.1 Å². The van der Waals surface area contributed by atoms with Crippen LogP contribution in [0.15, 0.2) is 41.1 Å². The van der Waals surface area contributed by atoms with Gasteiger partial charge < -0.3 is 9.64 Å². The summed E-state index contributed by atoms with van der Waals surface area (Å²) in [5.41, 5.74) is 2.72. The Bertz CT molecular complexity index is 663. The summed E-state index contributed by atoms with van der Waals surface area (Å²) >= 11 is 1.58. The second-order valence-electron chi connectivity index (χ2n) is 6.03. The van der Waals surface area contributed by atoms with Gasteiger partial charge in [-0.05, 0) is 48.3 Å². The van der Waals surface area contributed by atoms with Gasteiger partial charge in [-0.3, -0.25) is 4.79 Å². The zero-order valence-corrected chi connectivity index (χ0v) is 13.2. The molecule has 1 heterocycles. The van der Waals surface area contributed by atoms with Crippen LogP contribution >= 0.6 is 11.3 Å². The van der Waals surface area contributed by atoms with E-state index < -0.39 is 0 Å². The quantitative estimate of drug-likeness (QED) is 0.840. The van der Waals surface area contributed by atoms with Crippen LogP contribution < -0.4 is 4.74 Å². The zero-order chi connectivity index (χ0) is 14.9. The maximum Gasteiger partial charge on any atom is 0.261 e. The molecule has 0 N–H and O–H groups in total. The fourth-order valence-corrected chi connectivity index (χ4v) is 3.93. The summed E-state index contributed by atoms with van der Waals surface area (Å²) in [4.78, 5) is 14.8. The summed E-state index contributed by atoms with van der Waals surface area (Å²) in [5, 5.41) is 3.89. The summed E-state index contributed by atoms with van der Waals surface area (Å²) in [6.07, 6.45) is 4.37. The minimum absolute atomic E-state index is 0.121. The van der Waals surface area contributed by atoms with E-state index in [0.717, 1.165) is 31.4 Å². The lowest BCUT2D eigenvalue weighted by molar-refractivity contribution is -0.136. The molecule has 2 aliphatic rings. The average molecular weight is 313 g/mol. The topological polar surface area (TPSA) is 29.5 Å². The van der Waals surface area contributed by atoms with Gasteiger partial charge in [-0.1, -0.05) is 24.3 Å². The highest BCUT2D eigenvalue weighted by Crippen LogP contribution is 2.41. The van der Waals surface area contributed by atoms with E-state index in [2.05, 4.69) is 29.2 Å². The lowest BCUT2D eigenvalue weighted by Crippen LogP contribution is -2.39. The highest BCUT2D eigenvalue weighted by molar-refractivity contribution is 7.08. The van der Waals surface area contributed by atoms with E-state index in [9.17, 15) is 4.79 Å². The molecular weight excluding hydrogens is 294 g/mol. The second-order valence-corrected chi connectivity index (χ2v) is 6.81. The molecule has 1 fully saturated rings. The number of aryl methyl sites for hydroxylation is 1. The molecule has 1 atom stereocenters. The van der Waals surface area contributed by atoms with E-state index >= 15 is 0 Å². The molecule has 4 heteroatoms. The molecule has 114 valence electrons. The third-order valence-corrected chi connectivity index (χ3v) is 5.18. The van der Waals surface area contributed by atoms with E-state index in [-0.39, 0.29) is 18.6 Å². The number of carbonyl (C=O) groups excluding carboxylic acids is 1. The summed E-state index contributed by atoms with van der Waals surface area (Å²) < 4.78 is 5.63. The Labute approximate surface area is 134 Å². The number of amides is 1. The fraction of sp³-hybridized carbons (Fsp3) is 0.389. The Morgan fingerprint density at radius 3 is 2.86 bits per heavy atom. The number of benzene rings is 1. The van der Waals surface area contributed by atoms with Gasteiger partial charge in [-0.15, -0.1) is 11.3 Å². The molecule has 0 spiro atoms. The van der Waals surface area contributed by atoms with Crippen molar-refractivity contribution in [3.8, 4) is 5.75 Å². The van der Waals surface area contributed by atoms with Crippen molar-refractivity contribution in [2.24, 2.45) is 0 Å². The molecule has 1 amide bonds. The van der Waals surface area contributed by atoms with Crippen molar-refractivity contribution >= 4 is 17.2 Å². The van der Waals surface area contributed by atoms with Crippen LogP contribution in [0.25, 0.3) is 0 Å². The molecule has 0 bridgehead atoms. The van der Waals surface area contributed by atoms with Crippen molar-refractivity contribution in [2.75, 3.05) is 6.61 Å². The molecule has 1 aromatic carbocycles. The molecule has 2 aromatic rings. The minimum atomic E-state index is 0.121. The smallest absolute Gasteiger partial charge is 0.261 e. The number of thiophene rings is 1. The molecule has 22 heavy (non-hydrogen) atoms. The fourth-order valence-electron chi connectivity index (χ4n) is 3.36. The lowest BCUT2D eigenvalue weighted by Gasteiger charge is -2.30. The lowest BCUT2D eigenvalue weighted by atomic mass is 10.1. The molecule has 1 unspecified atom stereocenters. The Hall–Kier alpha value is -1.81. The molecule has 1 saturated carbocycles. The molecule has 0 radical (unpaired) electrons. The van der Waals surface area contributed by atoms with Crippen LogP contribution in [0, 0.1) is 0 Å². The van der Waals surface area contributed by atoms with Crippen LogP contribution in [0.4, 0.5) is 0 Å². The van der Waals surface area contributed by atoms with Crippen LogP contribution in [0.1, 0.15) is 36.4 Å². The first-order chi connectivity index (χ1) is 10.8. The number of nitrogens with zero attached hydrogens (tertiary/aromatic N) is 1. The van der Waals surface area contributed by atoms with E-state index in [1.807, 2.05) is 16.8 Å². The normalized spacial score (nSPS) is 19.7. The van der Waals surface area contributed by atoms with Crippen molar-refractivity contribution in [3.05, 3.63) is 52.2 Å². The van der Waals surface area contributed by atoms with Crippen LogP contribution in [0.5, 0.6) is 5.75 Å². The predicted molar refractivity (Wildman–Crippen MR) is 87.2 cm³/mol. The first kappa shape index (κ1) is 13.8. The van der Waals surface area contributed by atoms with Gasteiger partial charge in [0.2, 0.25) is 0 Å². The van der Waals surface area contributed by atoms with Gasteiger partial charge in [0.15, 0.2) is 6.61 Å². The molecule has 2 aliphatic carbocycles. The summed E-state index contributed by atoms with van der Waals surface area (Å²) in [7, 11) is 0. The summed E-state index contributed by atoms with van der Waals surface area (Å²) in [5.74, 6) is 0.913. The van der Waals surface area contributed by atoms with Crippen LogP contribution in [-0.2, 0) is 11.2 Å². The molecule has 0 saturated heterocycles. The first-order valence-corrected chi connectivity index (χ1v) is 8.81. The number of rotatable bonds is 5. The van der Waals surface area contributed by atoms with Crippen molar-refractivity contribution in [1.82, 2.24) is 4.90 Å². The highest BCUT2D eigenvalue weighted by atomic mass is 32.1. The monoisotopic (exact) mass is 313 g/mol. The van der Waals surface area contributed by atoms with Gasteiger partial charge in [0.05, 0.1) is 6.04 Å². The average Bonchev–Trinajstić information content (AvgIpc) is 3.07. The van der Waals surface area contributed by atoms with E-state index in [1.54, 1.807) is 11.3 Å². The third-order valence-electron chi connectivity index (χ3n) is 4.52. The Morgan fingerprint density at radius 1 is 1.23 bits per heavy atom. The van der Waals surface area contributed by atoms with Gasteiger partial charge in [-0.2, -0.15) is 0 Å². The second kappa shape index (κ2) is 5.76. The zero-order valence-electron chi connectivity index (χ0n) is 12.4. The largest absolute Gasteiger partial charge is 0.483 e. The number of carbonyl (C=O) groups is 1. The van der Waals surface area contributed by atoms with Gasteiger partial charge in [-0.25, -0.2) is 0 Å². The molecule has 1 aromatic heterocycles. The molecular formula is C18H19NO2S. The first-order valence-electron chi connectivity index (χ1n) is 7.87. The molecule has 4 rings (SSSR count). The van der Waals surface area contributed by atoms with E-state index in [0.29, 0.717) is 6.04 Å². The SMILES string of the molecule is O=C(COc1ccsc1)N(C1CC1)C1CCc2ccccc21. The Balaban J connectivity index is 1.50. The van der Waals surface area contributed by atoms with Crippen molar-refractivity contribution in [3.63, 3.8) is 0 Å². The maximum absolute atomic E-state index is 12.7. The maximum atomic E-state index is 12.7. The number of hydrogen-bond donors (Lipinski definition) is 0. The Morgan fingerprint density at radius 2 is 2.09 bits per heavy atom.